The number of carbonyl (C=O) groups is 1. The van der Waals surface area contributed by atoms with E-state index < -0.39 is 11.4 Å². The lowest BCUT2D eigenvalue weighted by Gasteiger charge is -2.20. The average Bonchev–Trinajstić information content (AvgIpc) is 2.61. The Kier molecular flexibility index (Phi) is 3.78. The zero-order chi connectivity index (χ0) is 17.3. The summed E-state index contributed by atoms with van der Waals surface area (Å²) < 4.78 is 10.6. The fourth-order valence-electron chi connectivity index (χ4n) is 2.51. The van der Waals surface area contributed by atoms with E-state index >= 15 is 0 Å². The van der Waals surface area contributed by atoms with Crippen LogP contribution >= 0.6 is 0 Å². The number of hydrogen-bond donors (Lipinski definition) is 0. The molecule has 6 heteroatoms. The topological polar surface area (TPSA) is 93.2 Å². The lowest BCUT2D eigenvalue weighted by molar-refractivity contribution is -0.147. The fourth-order valence-corrected chi connectivity index (χ4v) is 2.51. The molecule has 1 aromatic carbocycles. The highest BCUT2D eigenvalue weighted by molar-refractivity contribution is 5.91. The molecule has 120 valence electrons. The van der Waals surface area contributed by atoms with Gasteiger partial charge < -0.3 is 9.15 Å². The summed E-state index contributed by atoms with van der Waals surface area (Å²) in [6, 6.07) is 9.90. The Morgan fingerprint density at radius 1 is 1.38 bits per heavy atom. The van der Waals surface area contributed by atoms with Gasteiger partial charge in [0, 0.05) is 6.20 Å². The van der Waals surface area contributed by atoms with Gasteiger partial charge in [-0.3, -0.25) is 4.79 Å². The summed E-state index contributed by atoms with van der Waals surface area (Å²) in [5.74, 6) is -0.654. The van der Waals surface area contributed by atoms with Gasteiger partial charge in [0.15, 0.2) is 5.41 Å². The average molecular weight is 322 g/mol. The van der Waals surface area contributed by atoms with E-state index in [9.17, 15) is 14.9 Å². The third-order valence-electron chi connectivity index (χ3n) is 3.93. The number of pyridine rings is 1. The van der Waals surface area contributed by atoms with Gasteiger partial charge in [-0.25, -0.2) is 9.78 Å². The van der Waals surface area contributed by atoms with E-state index in [0.29, 0.717) is 21.9 Å². The largest absolute Gasteiger partial charge is 0.465 e. The molecule has 0 radical (unpaired) electrons. The van der Waals surface area contributed by atoms with Gasteiger partial charge in [-0.1, -0.05) is 6.07 Å². The molecule has 2 aromatic heterocycles. The number of nitrogens with zero attached hydrogens (tertiary/aromatic N) is 2. The van der Waals surface area contributed by atoms with Crippen molar-refractivity contribution < 1.29 is 13.9 Å². The molecule has 2 heterocycles. The van der Waals surface area contributed by atoms with E-state index in [0.717, 1.165) is 0 Å². The number of benzene rings is 1. The molecule has 0 amide bonds. The minimum atomic E-state index is -1.50. The van der Waals surface area contributed by atoms with E-state index in [2.05, 4.69) is 4.98 Å². The third-order valence-corrected chi connectivity index (χ3v) is 3.93. The monoisotopic (exact) mass is 322 g/mol. The molecule has 0 N–H and O–H groups in total. The van der Waals surface area contributed by atoms with E-state index in [-0.39, 0.29) is 17.7 Å². The first-order chi connectivity index (χ1) is 11.5. The summed E-state index contributed by atoms with van der Waals surface area (Å²) in [7, 11) is 0. The van der Waals surface area contributed by atoms with Crippen LogP contribution in [-0.2, 0) is 14.9 Å². The molecule has 0 aliphatic carbocycles. The second-order valence-electron chi connectivity index (χ2n) is 5.46. The van der Waals surface area contributed by atoms with Crippen molar-refractivity contribution in [2.45, 2.75) is 19.3 Å². The molecule has 3 rings (SSSR count). The Bertz CT molecular complexity index is 1050. The lowest BCUT2D eigenvalue weighted by Crippen LogP contribution is -2.33. The molecule has 0 spiro atoms. The molecule has 24 heavy (non-hydrogen) atoms. The highest BCUT2D eigenvalue weighted by Crippen LogP contribution is 2.28. The molecule has 1 unspecified atom stereocenters. The number of rotatable bonds is 3. The Labute approximate surface area is 137 Å². The molecule has 3 aromatic rings. The van der Waals surface area contributed by atoms with Crippen molar-refractivity contribution in [1.82, 2.24) is 4.98 Å². The van der Waals surface area contributed by atoms with Crippen LogP contribution in [0, 0.1) is 11.3 Å². The summed E-state index contributed by atoms with van der Waals surface area (Å²) >= 11 is 0. The number of hydrogen-bond acceptors (Lipinski definition) is 6. The van der Waals surface area contributed by atoms with Crippen LogP contribution in [0.3, 0.4) is 0 Å². The van der Waals surface area contributed by atoms with Gasteiger partial charge in [-0.05, 0) is 43.7 Å². The van der Waals surface area contributed by atoms with Crippen LogP contribution in [0.15, 0.2) is 45.7 Å². The van der Waals surface area contributed by atoms with E-state index in [1.54, 1.807) is 37.4 Å². The molecule has 0 bridgehead atoms. The maximum absolute atomic E-state index is 12.7. The quantitative estimate of drug-likeness (QED) is 0.543. The summed E-state index contributed by atoms with van der Waals surface area (Å²) in [6.07, 6.45) is 1.54. The number of esters is 1. The number of ether oxygens (including phenoxy) is 1. The van der Waals surface area contributed by atoms with Gasteiger partial charge in [0.25, 0.3) is 0 Å². The zero-order valence-electron chi connectivity index (χ0n) is 13.2. The minimum Gasteiger partial charge on any atom is -0.465 e. The maximum atomic E-state index is 12.7. The Balaban J connectivity index is 2.27. The van der Waals surface area contributed by atoms with Crippen LogP contribution in [0.5, 0.6) is 0 Å². The lowest BCUT2D eigenvalue weighted by atomic mass is 9.83. The molecule has 0 saturated heterocycles. The second-order valence-corrected chi connectivity index (χ2v) is 5.46. The molecule has 1 atom stereocenters. The van der Waals surface area contributed by atoms with Crippen LogP contribution in [0.2, 0.25) is 0 Å². The van der Waals surface area contributed by atoms with Crippen molar-refractivity contribution in [1.29, 1.82) is 5.26 Å². The van der Waals surface area contributed by atoms with Gasteiger partial charge in [0.05, 0.1) is 23.4 Å². The first-order valence-corrected chi connectivity index (χ1v) is 7.42. The SMILES string of the molecule is CCOC(=O)C(C)(C#N)c1ccc2oc3ncccc3c(=O)c2c1. The van der Waals surface area contributed by atoms with Crippen molar-refractivity contribution in [3.8, 4) is 6.07 Å². The van der Waals surface area contributed by atoms with E-state index in [1.807, 2.05) is 6.07 Å². The second kappa shape index (κ2) is 5.78. The van der Waals surface area contributed by atoms with Crippen LogP contribution in [-0.4, -0.2) is 17.6 Å². The van der Waals surface area contributed by atoms with Gasteiger partial charge in [0.2, 0.25) is 11.1 Å². The zero-order valence-corrected chi connectivity index (χ0v) is 13.2. The number of carbonyl (C=O) groups excluding carboxylic acids is 1. The molecule has 6 nitrogen and oxygen atoms in total. The van der Waals surface area contributed by atoms with Crippen molar-refractivity contribution in [3.05, 3.63) is 52.3 Å². The van der Waals surface area contributed by atoms with Crippen molar-refractivity contribution in [3.63, 3.8) is 0 Å². The summed E-state index contributed by atoms with van der Waals surface area (Å²) in [5.41, 5.74) is -0.785. The van der Waals surface area contributed by atoms with Crippen molar-refractivity contribution >= 4 is 28.0 Å². The van der Waals surface area contributed by atoms with Gasteiger partial charge in [0.1, 0.15) is 5.58 Å². The predicted molar refractivity (Wildman–Crippen MR) is 87.4 cm³/mol. The minimum absolute atomic E-state index is 0.169. The van der Waals surface area contributed by atoms with Crippen LogP contribution in [0.1, 0.15) is 19.4 Å². The van der Waals surface area contributed by atoms with E-state index in [4.69, 9.17) is 9.15 Å². The molecular weight excluding hydrogens is 308 g/mol. The van der Waals surface area contributed by atoms with E-state index in [1.165, 1.54) is 13.0 Å². The maximum Gasteiger partial charge on any atom is 0.330 e. The smallest absolute Gasteiger partial charge is 0.330 e. The van der Waals surface area contributed by atoms with Crippen LogP contribution in [0.25, 0.3) is 22.1 Å². The standard InChI is InChI=1S/C18H14N2O4/c1-3-23-17(22)18(2,10-19)11-6-7-14-13(9-11)15(21)12-5-4-8-20-16(12)24-14/h4-9H,3H2,1-2H3. The van der Waals surface area contributed by atoms with Gasteiger partial charge in [-0.2, -0.15) is 5.26 Å². The van der Waals surface area contributed by atoms with Crippen molar-refractivity contribution in [2.75, 3.05) is 6.61 Å². The normalized spacial score (nSPS) is 13.4. The molecular formula is C18H14N2O4. The highest BCUT2D eigenvalue weighted by Gasteiger charge is 2.37. The third kappa shape index (κ3) is 2.31. The van der Waals surface area contributed by atoms with Gasteiger partial charge in [-0.15, -0.1) is 0 Å². The van der Waals surface area contributed by atoms with Crippen LogP contribution < -0.4 is 5.43 Å². The Hall–Kier alpha value is -3.20. The predicted octanol–water partition coefficient (Wildman–Crippen LogP) is 2.69. The summed E-state index contributed by atoms with van der Waals surface area (Å²) in [5, 5.41) is 10.1. The Morgan fingerprint density at radius 3 is 2.88 bits per heavy atom. The first-order valence-electron chi connectivity index (χ1n) is 7.42. The molecule has 0 fully saturated rings. The number of nitriles is 1. The fraction of sp³-hybridized carbons (Fsp3) is 0.222. The molecule has 0 aliphatic heterocycles. The van der Waals surface area contributed by atoms with Crippen molar-refractivity contribution in [2.24, 2.45) is 0 Å². The first kappa shape index (κ1) is 15.7. The number of aromatic nitrogens is 1. The van der Waals surface area contributed by atoms with Crippen LogP contribution in [0.4, 0.5) is 0 Å². The number of fused-ring (bicyclic) bond motifs is 2. The van der Waals surface area contributed by atoms with Gasteiger partial charge >= 0.3 is 5.97 Å². The molecule has 0 aliphatic rings. The highest BCUT2D eigenvalue weighted by atomic mass is 16.5. The summed E-state index contributed by atoms with van der Waals surface area (Å²) in [4.78, 5) is 28.9. The summed E-state index contributed by atoms with van der Waals surface area (Å²) in [6.45, 7) is 3.31. The Morgan fingerprint density at radius 2 is 2.17 bits per heavy atom. The molecule has 0 saturated carbocycles.